The second-order valence-electron chi connectivity index (χ2n) is 8.16. The summed E-state index contributed by atoms with van der Waals surface area (Å²) >= 11 is 0. The minimum Gasteiger partial charge on any atom is -0.495 e. The average Bonchev–Trinajstić information content (AvgIpc) is 3.07. The van der Waals surface area contributed by atoms with E-state index in [0.29, 0.717) is 40.6 Å². The van der Waals surface area contributed by atoms with Crippen molar-refractivity contribution in [2.24, 2.45) is 0 Å². The van der Waals surface area contributed by atoms with Gasteiger partial charge in [0.15, 0.2) is 0 Å². The van der Waals surface area contributed by atoms with Crippen LogP contribution < -0.4 is 19.7 Å². The fourth-order valence-electron chi connectivity index (χ4n) is 4.07. The van der Waals surface area contributed by atoms with Gasteiger partial charge < -0.3 is 14.8 Å². The third-order valence-corrected chi connectivity index (χ3v) is 5.67. The fraction of sp³-hybridized carbons (Fsp3) is 0.214. The molecule has 3 aromatic rings. The van der Waals surface area contributed by atoms with Crippen LogP contribution in [0.3, 0.4) is 0 Å². The monoisotopic (exact) mass is 456 g/mol. The van der Waals surface area contributed by atoms with Crippen LogP contribution in [0.1, 0.15) is 30.0 Å². The molecule has 0 aliphatic carbocycles. The second-order valence-corrected chi connectivity index (χ2v) is 8.16. The fourth-order valence-corrected chi connectivity index (χ4v) is 4.07. The molecule has 0 atom stereocenters. The van der Waals surface area contributed by atoms with Gasteiger partial charge in [0.05, 0.1) is 30.7 Å². The van der Waals surface area contributed by atoms with Crippen molar-refractivity contribution in [2.75, 3.05) is 23.9 Å². The van der Waals surface area contributed by atoms with Gasteiger partial charge in [-0.15, -0.1) is 0 Å². The zero-order valence-corrected chi connectivity index (χ0v) is 19.8. The van der Waals surface area contributed by atoms with E-state index in [9.17, 15) is 9.59 Å². The molecule has 0 spiro atoms. The molecule has 0 radical (unpaired) electrons. The highest BCUT2D eigenvalue weighted by Crippen LogP contribution is 2.39. The van der Waals surface area contributed by atoms with Gasteiger partial charge in [-0.25, -0.2) is 4.90 Å². The number of nitrogens with zero attached hydrogens (tertiary/aromatic N) is 1. The number of rotatable bonds is 8. The van der Waals surface area contributed by atoms with Crippen LogP contribution in [0.2, 0.25) is 0 Å². The van der Waals surface area contributed by atoms with E-state index in [0.717, 1.165) is 17.5 Å². The van der Waals surface area contributed by atoms with Gasteiger partial charge in [0.1, 0.15) is 17.2 Å². The van der Waals surface area contributed by atoms with Crippen LogP contribution in [0.15, 0.2) is 72.4 Å². The molecular formula is C28H28N2O4. The van der Waals surface area contributed by atoms with Crippen molar-refractivity contribution in [3.8, 4) is 11.5 Å². The molecule has 1 heterocycles. The van der Waals surface area contributed by atoms with Gasteiger partial charge in [-0.3, -0.25) is 9.59 Å². The van der Waals surface area contributed by atoms with Crippen LogP contribution >= 0.6 is 0 Å². The van der Waals surface area contributed by atoms with E-state index < -0.39 is 11.8 Å². The quantitative estimate of drug-likeness (QED) is 0.454. The Labute approximate surface area is 199 Å². The average molecular weight is 457 g/mol. The Bertz CT molecular complexity index is 1280. The van der Waals surface area contributed by atoms with Crippen LogP contribution in [0.25, 0.3) is 5.57 Å². The number of benzene rings is 3. The van der Waals surface area contributed by atoms with Crippen LogP contribution in [-0.4, -0.2) is 25.5 Å². The largest absolute Gasteiger partial charge is 0.495 e. The van der Waals surface area contributed by atoms with Crippen LogP contribution in [0, 0.1) is 13.8 Å². The second kappa shape index (κ2) is 9.83. The lowest BCUT2D eigenvalue weighted by Crippen LogP contribution is -2.32. The molecule has 3 aromatic carbocycles. The smallest absolute Gasteiger partial charge is 0.282 e. The Balaban J connectivity index is 1.86. The van der Waals surface area contributed by atoms with Crippen molar-refractivity contribution < 1.29 is 19.1 Å². The van der Waals surface area contributed by atoms with Crippen LogP contribution in [0.5, 0.6) is 11.5 Å². The maximum atomic E-state index is 13.9. The Morgan fingerprint density at radius 1 is 0.882 bits per heavy atom. The topological polar surface area (TPSA) is 67.9 Å². The molecule has 1 N–H and O–H groups in total. The van der Waals surface area contributed by atoms with Crippen molar-refractivity contribution in [3.63, 3.8) is 0 Å². The van der Waals surface area contributed by atoms with E-state index in [-0.39, 0.29) is 5.70 Å². The summed E-state index contributed by atoms with van der Waals surface area (Å²) in [5, 5.41) is 3.20. The number of para-hydroxylation sites is 4. The van der Waals surface area contributed by atoms with Gasteiger partial charge in [-0.1, -0.05) is 55.0 Å². The van der Waals surface area contributed by atoms with Gasteiger partial charge in [-0.2, -0.15) is 0 Å². The molecule has 0 bridgehead atoms. The molecule has 174 valence electrons. The molecule has 34 heavy (non-hydrogen) atoms. The number of nitrogens with one attached hydrogen (secondary N) is 1. The predicted molar refractivity (Wildman–Crippen MR) is 134 cm³/mol. The Morgan fingerprint density at radius 3 is 2.29 bits per heavy atom. The molecule has 0 saturated heterocycles. The van der Waals surface area contributed by atoms with Crippen LogP contribution in [0.4, 0.5) is 11.4 Å². The molecule has 0 fully saturated rings. The van der Waals surface area contributed by atoms with Gasteiger partial charge in [-0.05, 0) is 55.7 Å². The highest BCUT2D eigenvalue weighted by atomic mass is 16.5. The summed E-state index contributed by atoms with van der Waals surface area (Å²) in [6.45, 7) is 6.42. The minimum absolute atomic E-state index is 0.201. The van der Waals surface area contributed by atoms with E-state index >= 15 is 0 Å². The lowest BCUT2D eigenvalue weighted by molar-refractivity contribution is -0.120. The number of imide groups is 1. The molecule has 4 rings (SSSR count). The van der Waals surface area contributed by atoms with Crippen molar-refractivity contribution in [1.29, 1.82) is 0 Å². The highest BCUT2D eigenvalue weighted by Gasteiger charge is 2.42. The Kier molecular flexibility index (Phi) is 6.68. The standard InChI is InChI=1S/C28H28N2O4/c1-5-16-34-24-13-9-7-11-22(24)30-27(31)25(20-15-14-18(2)17-19(20)3)26(28(30)32)29-21-10-6-8-12-23(21)33-4/h6-15,17,29H,5,16H2,1-4H3. The van der Waals surface area contributed by atoms with Crippen LogP contribution in [-0.2, 0) is 9.59 Å². The number of amides is 2. The first-order valence-electron chi connectivity index (χ1n) is 11.3. The van der Waals surface area contributed by atoms with Gasteiger partial charge in [0.2, 0.25) is 0 Å². The van der Waals surface area contributed by atoms with Crippen molar-refractivity contribution >= 4 is 28.8 Å². The van der Waals surface area contributed by atoms with Crippen molar-refractivity contribution in [3.05, 3.63) is 89.1 Å². The number of hydrogen-bond donors (Lipinski definition) is 1. The van der Waals surface area contributed by atoms with E-state index in [1.807, 2.05) is 63.2 Å². The molecule has 1 aliphatic rings. The Morgan fingerprint density at radius 2 is 1.59 bits per heavy atom. The summed E-state index contributed by atoms with van der Waals surface area (Å²) in [5.74, 6) is 0.213. The number of carbonyl (C=O) groups is 2. The zero-order chi connectivity index (χ0) is 24.2. The van der Waals surface area contributed by atoms with Gasteiger partial charge in [0, 0.05) is 0 Å². The van der Waals surface area contributed by atoms with Gasteiger partial charge >= 0.3 is 0 Å². The lowest BCUT2D eigenvalue weighted by atomic mass is 9.97. The summed E-state index contributed by atoms with van der Waals surface area (Å²) in [7, 11) is 1.56. The van der Waals surface area contributed by atoms with Gasteiger partial charge in [0.25, 0.3) is 11.8 Å². The maximum Gasteiger partial charge on any atom is 0.282 e. The first-order chi connectivity index (χ1) is 16.5. The number of ether oxygens (including phenoxy) is 2. The SMILES string of the molecule is CCCOc1ccccc1N1C(=O)C(Nc2ccccc2OC)=C(c2ccc(C)cc2C)C1=O. The summed E-state index contributed by atoms with van der Waals surface area (Å²) < 4.78 is 11.3. The van der Waals surface area contributed by atoms with E-state index in [1.54, 1.807) is 31.4 Å². The molecule has 0 saturated carbocycles. The summed E-state index contributed by atoms with van der Waals surface area (Å²) in [6, 6.07) is 20.2. The zero-order valence-electron chi connectivity index (χ0n) is 19.8. The number of hydrogen-bond acceptors (Lipinski definition) is 5. The number of aryl methyl sites for hydroxylation is 2. The normalized spacial score (nSPS) is 13.5. The molecular weight excluding hydrogens is 428 g/mol. The maximum absolute atomic E-state index is 13.9. The molecule has 0 aromatic heterocycles. The predicted octanol–water partition coefficient (Wildman–Crippen LogP) is 5.50. The van der Waals surface area contributed by atoms with E-state index in [1.165, 1.54) is 4.90 Å². The van der Waals surface area contributed by atoms with Crippen molar-refractivity contribution in [1.82, 2.24) is 0 Å². The third-order valence-electron chi connectivity index (χ3n) is 5.67. The summed E-state index contributed by atoms with van der Waals surface area (Å²) in [5.41, 5.74) is 4.23. The lowest BCUT2D eigenvalue weighted by Gasteiger charge is -2.19. The third kappa shape index (κ3) is 4.27. The Hall–Kier alpha value is -4.06. The number of methoxy groups -OCH3 is 1. The molecule has 2 amide bonds. The number of anilines is 2. The number of carbonyl (C=O) groups excluding carboxylic acids is 2. The highest BCUT2D eigenvalue weighted by molar-refractivity contribution is 6.46. The first kappa shape index (κ1) is 23.1. The van der Waals surface area contributed by atoms with E-state index in [2.05, 4.69) is 5.32 Å². The molecule has 6 nitrogen and oxygen atoms in total. The van der Waals surface area contributed by atoms with Crippen molar-refractivity contribution in [2.45, 2.75) is 27.2 Å². The molecule has 6 heteroatoms. The molecule has 0 unspecified atom stereocenters. The first-order valence-corrected chi connectivity index (χ1v) is 11.3. The molecule has 1 aliphatic heterocycles. The van der Waals surface area contributed by atoms with E-state index in [4.69, 9.17) is 9.47 Å². The minimum atomic E-state index is -0.446. The summed E-state index contributed by atoms with van der Waals surface area (Å²) in [6.07, 6.45) is 0.808. The summed E-state index contributed by atoms with van der Waals surface area (Å²) in [4.78, 5) is 28.8.